The maximum Gasteiger partial charge on any atom is 0.307 e. The van der Waals surface area contributed by atoms with E-state index in [1.807, 2.05) is 0 Å². The summed E-state index contributed by atoms with van der Waals surface area (Å²) in [6.45, 7) is 0.804. The van der Waals surface area contributed by atoms with Crippen LogP contribution in [0.15, 0.2) is 53.4 Å². The van der Waals surface area contributed by atoms with Gasteiger partial charge in [-0.25, -0.2) is 8.42 Å². The maximum absolute atomic E-state index is 12.3. The Labute approximate surface area is 173 Å². The van der Waals surface area contributed by atoms with Gasteiger partial charge in [-0.05, 0) is 48.5 Å². The fraction of sp³-hybridized carbons (Fsp3) is 0.211. The highest BCUT2D eigenvalue weighted by Gasteiger charge is 2.18. The number of rotatable bonds is 8. The van der Waals surface area contributed by atoms with Gasteiger partial charge in [0.25, 0.3) is 5.91 Å². The van der Waals surface area contributed by atoms with Gasteiger partial charge in [0.15, 0.2) is 16.4 Å². The zero-order valence-electron chi connectivity index (χ0n) is 15.5. The van der Waals surface area contributed by atoms with Crippen molar-refractivity contribution < 1.29 is 27.5 Å². The minimum Gasteiger partial charge on any atom is -0.456 e. The number of halogens is 1. The largest absolute Gasteiger partial charge is 0.456 e. The smallest absolute Gasteiger partial charge is 0.307 e. The van der Waals surface area contributed by atoms with Crippen LogP contribution in [-0.4, -0.2) is 38.6 Å². The number of carbonyl (C=O) groups is 3. The summed E-state index contributed by atoms with van der Waals surface area (Å²) in [5, 5.41) is 5.56. The first-order valence-electron chi connectivity index (χ1n) is 8.47. The van der Waals surface area contributed by atoms with Crippen LogP contribution in [0.4, 0.5) is 11.4 Å². The van der Waals surface area contributed by atoms with E-state index in [1.165, 1.54) is 31.2 Å². The number of hydrogen-bond donors (Lipinski definition) is 2. The molecule has 0 aromatic heterocycles. The number of sulfone groups is 1. The van der Waals surface area contributed by atoms with E-state index in [0.29, 0.717) is 16.4 Å². The van der Waals surface area contributed by atoms with E-state index in [9.17, 15) is 22.8 Å². The molecule has 0 fully saturated rings. The lowest BCUT2D eigenvalue weighted by Crippen LogP contribution is -2.22. The summed E-state index contributed by atoms with van der Waals surface area (Å²) < 4.78 is 29.4. The highest BCUT2D eigenvalue weighted by atomic mass is 35.5. The Morgan fingerprint density at radius 3 is 2.07 bits per heavy atom. The van der Waals surface area contributed by atoms with Gasteiger partial charge in [-0.15, -0.1) is 0 Å². The van der Waals surface area contributed by atoms with Gasteiger partial charge in [0.05, 0.1) is 17.1 Å². The molecule has 29 heavy (non-hydrogen) atoms. The van der Waals surface area contributed by atoms with Gasteiger partial charge in [0.2, 0.25) is 5.91 Å². The van der Waals surface area contributed by atoms with E-state index < -0.39 is 40.5 Å². The summed E-state index contributed by atoms with van der Waals surface area (Å²) in [5.41, 5.74) is 0.947. The molecular formula is C19H19ClN2O6S. The second kappa shape index (κ2) is 10.0. The van der Waals surface area contributed by atoms with Gasteiger partial charge in [0, 0.05) is 23.3 Å². The van der Waals surface area contributed by atoms with Crippen molar-refractivity contribution in [1.29, 1.82) is 0 Å². The Morgan fingerprint density at radius 2 is 1.48 bits per heavy atom. The first kappa shape index (κ1) is 22.4. The van der Waals surface area contributed by atoms with Gasteiger partial charge in [-0.3, -0.25) is 14.4 Å². The van der Waals surface area contributed by atoms with Crippen molar-refractivity contribution in [1.82, 2.24) is 0 Å². The van der Waals surface area contributed by atoms with Crippen molar-refractivity contribution in [3.8, 4) is 0 Å². The lowest BCUT2D eigenvalue weighted by Gasteiger charge is -2.08. The summed E-state index contributed by atoms with van der Waals surface area (Å²) in [6, 6.07) is 11.9. The fourth-order valence-corrected chi connectivity index (χ4v) is 3.58. The molecule has 10 heteroatoms. The number of benzene rings is 2. The molecule has 154 valence electrons. The third kappa shape index (κ3) is 7.55. The quantitative estimate of drug-likeness (QED) is 0.611. The monoisotopic (exact) mass is 438 g/mol. The van der Waals surface area contributed by atoms with Crippen LogP contribution in [-0.2, 0) is 29.0 Å². The molecule has 8 nitrogen and oxygen atoms in total. The minimum absolute atomic E-state index is 0.0138. The van der Waals surface area contributed by atoms with Gasteiger partial charge < -0.3 is 15.4 Å². The zero-order chi connectivity index (χ0) is 21.4. The molecule has 0 saturated carbocycles. The lowest BCUT2D eigenvalue weighted by atomic mass is 10.3. The van der Waals surface area contributed by atoms with Crippen molar-refractivity contribution in [2.45, 2.75) is 18.2 Å². The molecule has 0 spiro atoms. The predicted molar refractivity (Wildman–Crippen MR) is 108 cm³/mol. The SMILES string of the molecule is CC(=O)Nc1ccc(S(=O)(=O)CCC(=O)OCC(=O)Nc2ccc(Cl)cc2)cc1. The molecule has 0 atom stereocenters. The van der Waals surface area contributed by atoms with E-state index in [2.05, 4.69) is 10.6 Å². The number of carbonyl (C=O) groups excluding carboxylic acids is 3. The first-order chi connectivity index (χ1) is 13.7. The summed E-state index contributed by atoms with van der Waals surface area (Å²) in [7, 11) is -3.72. The highest BCUT2D eigenvalue weighted by molar-refractivity contribution is 7.91. The number of amides is 2. The third-order valence-electron chi connectivity index (χ3n) is 3.60. The summed E-state index contributed by atoms with van der Waals surface area (Å²) >= 11 is 5.75. The Morgan fingerprint density at radius 1 is 0.931 bits per heavy atom. The average Bonchev–Trinajstić information content (AvgIpc) is 2.66. The molecule has 0 aliphatic carbocycles. The molecular weight excluding hydrogens is 420 g/mol. The van der Waals surface area contributed by atoms with Crippen LogP contribution >= 0.6 is 11.6 Å². The van der Waals surface area contributed by atoms with E-state index in [1.54, 1.807) is 24.3 Å². The predicted octanol–water partition coefficient (Wildman–Crippen LogP) is 2.64. The molecule has 0 saturated heterocycles. The molecule has 2 N–H and O–H groups in total. The van der Waals surface area contributed by atoms with Crippen LogP contribution in [0.25, 0.3) is 0 Å². The van der Waals surface area contributed by atoms with Crippen molar-refractivity contribution in [2.75, 3.05) is 23.0 Å². The number of nitrogens with one attached hydrogen (secondary N) is 2. The standard InChI is InChI=1S/C19H19ClN2O6S/c1-13(23)21-15-6-8-17(9-7-15)29(26,27)11-10-19(25)28-12-18(24)22-16-4-2-14(20)3-5-16/h2-9H,10-12H2,1H3,(H,21,23)(H,22,24). The van der Waals surface area contributed by atoms with Crippen molar-refractivity contribution in [3.63, 3.8) is 0 Å². The van der Waals surface area contributed by atoms with Crippen molar-refractivity contribution in [2.24, 2.45) is 0 Å². The third-order valence-corrected chi connectivity index (χ3v) is 5.58. The molecule has 0 aliphatic rings. The van der Waals surface area contributed by atoms with Crippen molar-refractivity contribution in [3.05, 3.63) is 53.6 Å². The first-order valence-corrected chi connectivity index (χ1v) is 10.5. The number of hydrogen-bond acceptors (Lipinski definition) is 6. The molecule has 0 aliphatic heterocycles. The number of anilines is 2. The Kier molecular flexibility index (Phi) is 7.74. The topological polar surface area (TPSA) is 119 Å². The minimum atomic E-state index is -3.72. The van der Waals surface area contributed by atoms with E-state index in [4.69, 9.17) is 16.3 Å². The highest BCUT2D eigenvalue weighted by Crippen LogP contribution is 2.16. The van der Waals surface area contributed by atoms with Crippen LogP contribution < -0.4 is 10.6 Å². The molecule has 0 radical (unpaired) electrons. The normalized spacial score (nSPS) is 10.8. The van der Waals surface area contributed by atoms with Crippen molar-refractivity contribution >= 4 is 50.6 Å². The second-order valence-corrected chi connectivity index (χ2v) is 8.54. The molecule has 2 aromatic carbocycles. The van der Waals surface area contributed by atoms with Crippen LogP contribution in [0.2, 0.25) is 5.02 Å². The molecule has 2 aromatic rings. The lowest BCUT2D eigenvalue weighted by molar-refractivity contribution is -0.146. The second-order valence-electron chi connectivity index (χ2n) is 5.99. The van der Waals surface area contributed by atoms with Gasteiger partial charge in [-0.2, -0.15) is 0 Å². The number of ether oxygens (including phenoxy) is 1. The van der Waals surface area contributed by atoms with Gasteiger partial charge in [0.1, 0.15) is 0 Å². The van der Waals surface area contributed by atoms with Crippen LogP contribution in [0, 0.1) is 0 Å². The summed E-state index contributed by atoms with van der Waals surface area (Å²) in [4.78, 5) is 34.5. The zero-order valence-corrected chi connectivity index (χ0v) is 17.0. The number of esters is 1. The Hall–Kier alpha value is -2.91. The van der Waals surface area contributed by atoms with E-state index in [0.717, 1.165) is 0 Å². The summed E-state index contributed by atoms with van der Waals surface area (Å²) in [6.07, 6.45) is -0.399. The molecule has 0 heterocycles. The maximum atomic E-state index is 12.3. The summed E-state index contributed by atoms with van der Waals surface area (Å²) in [5.74, 6) is -2.11. The van der Waals surface area contributed by atoms with Crippen LogP contribution in [0.1, 0.15) is 13.3 Å². The molecule has 0 bridgehead atoms. The van der Waals surface area contributed by atoms with Gasteiger partial charge >= 0.3 is 5.97 Å². The van der Waals surface area contributed by atoms with Crippen LogP contribution in [0.3, 0.4) is 0 Å². The molecule has 0 unspecified atom stereocenters. The Bertz CT molecular complexity index is 988. The van der Waals surface area contributed by atoms with E-state index >= 15 is 0 Å². The molecule has 2 rings (SSSR count). The van der Waals surface area contributed by atoms with Gasteiger partial charge in [-0.1, -0.05) is 11.6 Å². The fourth-order valence-electron chi connectivity index (χ4n) is 2.23. The van der Waals surface area contributed by atoms with E-state index in [-0.39, 0.29) is 10.8 Å². The molecule has 2 amide bonds. The average molecular weight is 439 g/mol. The Balaban J connectivity index is 1.80. The van der Waals surface area contributed by atoms with Crippen LogP contribution in [0.5, 0.6) is 0 Å².